The lowest BCUT2D eigenvalue weighted by Gasteiger charge is -1.97. The van der Waals surface area contributed by atoms with Gasteiger partial charge in [-0.25, -0.2) is 0 Å². The number of hydrogen-bond acceptors (Lipinski definition) is 7. The molecule has 0 fully saturated rings. The number of carbonyl (C=O) groups excluding carboxylic acids is 1. The fourth-order valence-corrected chi connectivity index (χ4v) is 2.68. The van der Waals surface area contributed by atoms with Crippen LogP contribution in [0.2, 0.25) is 0 Å². The number of carbonyl (C=O) groups is 1. The number of benzene rings is 2. The van der Waals surface area contributed by atoms with Gasteiger partial charge in [0.2, 0.25) is 5.88 Å². The lowest BCUT2D eigenvalue weighted by Crippen LogP contribution is -1.99. The maximum Gasteiger partial charge on any atom is 0.295 e. The second-order valence-corrected chi connectivity index (χ2v) is 6.19. The molecule has 0 aliphatic rings. The number of rotatable bonds is 4. The van der Waals surface area contributed by atoms with Gasteiger partial charge in [0.05, 0.1) is 27.0 Å². The summed E-state index contributed by atoms with van der Waals surface area (Å²) in [4.78, 5) is 34.9. The molecule has 0 aliphatic carbocycles. The first-order valence-electron chi connectivity index (χ1n) is 7.16. The number of nitrogens with one attached hydrogen (secondary N) is 1. The standard InChI is InChI=1S/C15H8BrN5O6/c16-8-1-2-12-11(5-8)13(15(23)17-12)18-19-14(22)7-3-9(20(24)25)6-10(4-7)21(26)27/h1-6,17,23H. The molecule has 2 N–H and O–H groups in total. The Labute approximate surface area is 157 Å². The van der Waals surface area contributed by atoms with Crippen molar-refractivity contribution in [2.45, 2.75) is 0 Å². The predicted molar refractivity (Wildman–Crippen MR) is 96.3 cm³/mol. The van der Waals surface area contributed by atoms with Gasteiger partial charge >= 0.3 is 0 Å². The zero-order valence-electron chi connectivity index (χ0n) is 13.1. The number of amides is 1. The van der Waals surface area contributed by atoms with E-state index in [1.807, 2.05) is 0 Å². The molecule has 1 aromatic heterocycles. The molecular formula is C15H8BrN5O6. The van der Waals surface area contributed by atoms with Gasteiger partial charge in [0, 0.05) is 22.0 Å². The van der Waals surface area contributed by atoms with Gasteiger partial charge in [-0.2, -0.15) is 0 Å². The molecule has 12 heteroatoms. The van der Waals surface area contributed by atoms with Gasteiger partial charge in [0.25, 0.3) is 17.3 Å². The molecule has 0 bridgehead atoms. The molecule has 11 nitrogen and oxygen atoms in total. The van der Waals surface area contributed by atoms with Crippen molar-refractivity contribution in [3.05, 3.63) is 66.7 Å². The molecule has 0 spiro atoms. The number of aromatic amines is 1. The van der Waals surface area contributed by atoms with Gasteiger partial charge < -0.3 is 10.1 Å². The zero-order valence-corrected chi connectivity index (χ0v) is 14.7. The van der Waals surface area contributed by atoms with Crippen LogP contribution < -0.4 is 0 Å². The number of hydrogen-bond donors (Lipinski definition) is 2. The Kier molecular flexibility index (Phi) is 4.64. The minimum Gasteiger partial charge on any atom is -0.493 e. The van der Waals surface area contributed by atoms with E-state index in [0.717, 1.165) is 18.2 Å². The third-order valence-electron chi connectivity index (χ3n) is 3.53. The molecule has 0 saturated carbocycles. The van der Waals surface area contributed by atoms with Crippen molar-refractivity contribution in [1.29, 1.82) is 0 Å². The van der Waals surface area contributed by atoms with Crippen molar-refractivity contribution in [2.75, 3.05) is 0 Å². The summed E-state index contributed by atoms with van der Waals surface area (Å²) in [5.74, 6) is -1.37. The monoisotopic (exact) mass is 433 g/mol. The molecule has 0 aliphatic heterocycles. The van der Waals surface area contributed by atoms with E-state index in [1.54, 1.807) is 18.2 Å². The highest BCUT2D eigenvalue weighted by molar-refractivity contribution is 9.10. The fourth-order valence-electron chi connectivity index (χ4n) is 2.32. The van der Waals surface area contributed by atoms with Crippen LogP contribution in [-0.2, 0) is 0 Å². The summed E-state index contributed by atoms with van der Waals surface area (Å²) in [6, 6.07) is 7.50. The van der Waals surface area contributed by atoms with Gasteiger partial charge in [0.1, 0.15) is 0 Å². The second-order valence-electron chi connectivity index (χ2n) is 5.27. The molecule has 1 heterocycles. The summed E-state index contributed by atoms with van der Waals surface area (Å²) < 4.78 is 0.700. The molecule has 0 saturated heterocycles. The summed E-state index contributed by atoms with van der Waals surface area (Å²) in [5, 5.41) is 39.3. The number of non-ortho nitro benzene ring substituents is 2. The van der Waals surface area contributed by atoms with Crippen molar-refractivity contribution in [1.82, 2.24) is 4.98 Å². The Bertz CT molecular complexity index is 1110. The normalized spacial score (nSPS) is 11.1. The van der Waals surface area contributed by atoms with Crippen LogP contribution in [0.5, 0.6) is 5.88 Å². The molecule has 3 rings (SSSR count). The van der Waals surface area contributed by atoms with E-state index in [2.05, 4.69) is 31.1 Å². The number of fused-ring (bicyclic) bond motifs is 1. The van der Waals surface area contributed by atoms with Crippen LogP contribution in [0.1, 0.15) is 10.4 Å². The highest BCUT2D eigenvalue weighted by atomic mass is 79.9. The largest absolute Gasteiger partial charge is 0.493 e. The molecule has 136 valence electrons. The van der Waals surface area contributed by atoms with Gasteiger partial charge in [-0.15, -0.1) is 10.2 Å². The third kappa shape index (κ3) is 3.64. The number of nitro benzene ring substituents is 2. The quantitative estimate of drug-likeness (QED) is 0.351. The van der Waals surface area contributed by atoms with E-state index in [4.69, 9.17) is 0 Å². The Hall–Kier alpha value is -3.67. The van der Waals surface area contributed by atoms with Gasteiger partial charge in [-0.05, 0) is 18.2 Å². The first-order chi connectivity index (χ1) is 12.8. The molecule has 0 unspecified atom stereocenters. The lowest BCUT2D eigenvalue weighted by atomic mass is 10.1. The molecule has 2 aromatic carbocycles. The zero-order chi connectivity index (χ0) is 19.7. The highest BCUT2D eigenvalue weighted by Crippen LogP contribution is 2.37. The highest BCUT2D eigenvalue weighted by Gasteiger charge is 2.20. The predicted octanol–water partition coefficient (Wildman–Crippen LogP) is 4.38. The number of nitrogens with zero attached hydrogens (tertiary/aromatic N) is 4. The first-order valence-corrected chi connectivity index (χ1v) is 7.95. The van der Waals surface area contributed by atoms with Crippen LogP contribution in [0.15, 0.2) is 51.1 Å². The van der Waals surface area contributed by atoms with E-state index < -0.39 is 27.1 Å². The van der Waals surface area contributed by atoms with Crippen LogP contribution in [-0.4, -0.2) is 25.8 Å². The Morgan fingerprint density at radius 1 is 1.07 bits per heavy atom. The Morgan fingerprint density at radius 3 is 2.30 bits per heavy atom. The third-order valence-corrected chi connectivity index (χ3v) is 4.02. The summed E-state index contributed by atoms with van der Waals surface area (Å²) >= 11 is 3.27. The average Bonchev–Trinajstić information content (AvgIpc) is 2.93. The minimum atomic E-state index is -1.04. The Balaban J connectivity index is 2.01. The fraction of sp³-hybridized carbons (Fsp3) is 0. The smallest absolute Gasteiger partial charge is 0.295 e. The second kappa shape index (κ2) is 6.92. The number of aromatic nitrogens is 1. The number of H-pyrrole nitrogens is 1. The summed E-state index contributed by atoms with van der Waals surface area (Å²) in [5.41, 5.74) is -1.09. The molecule has 1 amide bonds. The number of halogens is 1. The van der Waals surface area contributed by atoms with E-state index in [-0.39, 0.29) is 17.1 Å². The van der Waals surface area contributed by atoms with Crippen LogP contribution in [0.4, 0.5) is 17.1 Å². The van der Waals surface area contributed by atoms with E-state index in [1.165, 1.54) is 0 Å². The average molecular weight is 434 g/mol. The van der Waals surface area contributed by atoms with Crippen molar-refractivity contribution in [3.8, 4) is 5.88 Å². The van der Waals surface area contributed by atoms with Crippen molar-refractivity contribution >= 4 is 49.8 Å². The molecule has 0 radical (unpaired) electrons. The SMILES string of the molecule is O=C(N=Nc1c(O)[nH]c2ccc(Br)cc12)c1cc([N+](=O)[O-])cc([N+](=O)[O-])c1. The number of aromatic hydroxyl groups is 1. The minimum absolute atomic E-state index is 0.0143. The van der Waals surface area contributed by atoms with Crippen LogP contribution in [0.3, 0.4) is 0 Å². The maximum atomic E-state index is 12.2. The van der Waals surface area contributed by atoms with Gasteiger partial charge in [-0.3, -0.25) is 25.0 Å². The van der Waals surface area contributed by atoms with E-state index >= 15 is 0 Å². The van der Waals surface area contributed by atoms with Gasteiger partial charge in [-0.1, -0.05) is 15.9 Å². The first kappa shape index (κ1) is 18.1. The van der Waals surface area contributed by atoms with Crippen molar-refractivity contribution in [3.63, 3.8) is 0 Å². The summed E-state index contributed by atoms with van der Waals surface area (Å²) in [7, 11) is 0. The van der Waals surface area contributed by atoms with E-state index in [9.17, 15) is 30.1 Å². The molecular weight excluding hydrogens is 426 g/mol. The molecule has 3 aromatic rings. The van der Waals surface area contributed by atoms with Gasteiger partial charge in [0.15, 0.2) is 5.69 Å². The van der Waals surface area contributed by atoms with Crippen LogP contribution >= 0.6 is 15.9 Å². The van der Waals surface area contributed by atoms with Crippen LogP contribution in [0, 0.1) is 20.2 Å². The van der Waals surface area contributed by atoms with E-state index in [0.29, 0.717) is 15.4 Å². The van der Waals surface area contributed by atoms with Crippen molar-refractivity contribution < 1.29 is 19.7 Å². The maximum absolute atomic E-state index is 12.2. The topological polar surface area (TPSA) is 164 Å². The van der Waals surface area contributed by atoms with Crippen LogP contribution in [0.25, 0.3) is 10.9 Å². The van der Waals surface area contributed by atoms with Crippen molar-refractivity contribution in [2.24, 2.45) is 10.2 Å². The number of azo groups is 1. The number of nitro groups is 2. The Morgan fingerprint density at radius 2 is 1.70 bits per heavy atom. The summed E-state index contributed by atoms with van der Waals surface area (Å²) in [6.07, 6.45) is 0. The lowest BCUT2D eigenvalue weighted by molar-refractivity contribution is -0.394. The summed E-state index contributed by atoms with van der Waals surface area (Å²) in [6.45, 7) is 0. The molecule has 0 atom stereocenters. The molecule has 27 heavy (non-hydrogen) atoms.